The molecule has 0 fully saturated rings. The van der Waals surface area contributed by atoms with Gasteiger partial charge in [0.2, 0.25) is 0 Å². The van der Waals surface area contributed by atoms with E-state index < -0.39 is 5.97 Å². The van der Waals surface area contributed by atoms with Gasteiger partial charge in [-0.1, -0.05) is 79.4 Å². The second kappa shape index (κ2) is 8.78. The number of ketones is 1. The molecule has 0 aliphatic carbocycles. The predicted molar refractivity (Wildman–Crippen MR) is 112 cm³/mol. The highest BCUT2D eigenvalue weighted by molar-refractivity contribution is 6.06. The van der Waals surface area contributed by atoms with Crippen molar-refractivity contribution in [3.8, 4) is 16.9 Å². The van der Waals surface area contributed by atoms with E-state index in [2.05, 4.69) is 6.58 Å². The van der Waals surface area contributed by atoms with E-state index in [9.17, 15) is 9.59 Å². The molecule has 0 N–H and O–H groups in total. The number of carbonyl (C=O) groups is 2. The van der Waals surface area contributed by atoms with Gasteiger partial charge in [0.25, 0.3) is 0 Å². The Labute approximate surface area is 164 Å². The SMILES string of the molecule is C=C(C)C(=O)Oc1ccc(-c2ccc(C=CC(=O)c3ccccc3)cc2)cc1. The molecule has 3 aromatic carbocycles. The zero-order chi connectivity index (χ0) is 19.9. The molecule has 0 atom stereocenters. The molecule has 0 saturated heterocycles. The van der Waals surface area contributed by atoms with Crippen molar-refractivity contribution >= 4 is 17.8 Å². The Morgan fingerprint density at radius 3 is 1.96 bits per heavy atom. The van der Waals surface area contributed by atoms with E-state index in [4.69, 9.17) is 4.74 Å². The third-order valence-electron chi connectivity index (χ3n) is 4.14. The molecule has 0 aliphatic rings. The molecule has 138 valence electrons. The largest absolute Gasteiger partial charge is 0.423 e. The molecule has 0 bridgehead atoms. The van der Waals surface area contributed by atoms with E-state index in [1.54, 1.807) is 43.3 Å². The summed E-state index contributed by atoms with van der Waals surface area (Å²) in [6.07, 6.45) is 3.38. The summed E-state index contributed by atoms with van der Waals surface area (Å²) in [5, 5.41) is 0. The van der Waals surface area contributed by atoms with Gasteiger partial charge in [-0.15, -0.1) is 0 Å². The van der Waals surface area contributed by atoms with Gasteiger partial charge in [0.1, 0.15) is 5.75 Å². The number of hydrogen-bond acceptors (Lipinski definition) is 3. The maximum Gasteiger partial charge on any atom is 0.338 e. The van der Waals surface area contributed by atoms with Crippen molar-refractivity contribution in [1.29, 1.82) is 0 Å². The molecule has 0 saturated carbocycles. The molecule has 0 aliphatic heterocycles. The number of esters is 1. The highest BCUT2D eigenvalue weighted by Gasteiger charge is 2.06. The zero-order valence-electron chi connectivity index (χ0n) is 15.6. The Balaban J connectivity index is 1.67. The van der Waals surface area contributed by atoms with Crippen molar-refractivity contribution in [1.82, 2.24) is 0 Å². The van der Waals surface area contributed by atoms with Crippen LogP contribution in [0.5, 0.6) is 5.75 Å². The van der Waals surface area contributed by atoms with Gasteiger partial charge < -0.3 is 4.74 Å². The van der Waals surface area contributed by atoms with Crippen LogP contribution in [0.1, 0.15) is 22.8 Å². The van der Waals surface area contributed by atoms with Crippen LogP contribution < -0.4 is 4.74 Å². The fourth-order valence-electron chi connectivity index (χ4n) is 2.57. The maximum absolute atomic E-state index is 12.1. The highest BCUT2D eigenvalue weighted by atomic mass is 16.5. The third kappa shape index (κ3) is 4.92. The lowest BCUT2D eigenvalue weighted by Crippen LogP contribution is -2.07. The first-order chi connectivity index (χ1) is 13.5. The predicted octanol–water partition coefficient (Wildman–Crippen LogP) is 5.73. The molecular formula is C25H20O3. The number of allylic oxidation sites excluding steroid dienone is 1. The van der Waals surface area contributed by atoms with Crippen molar-refractivity contribution in [2.75, 3.05) is 0 Å². The van der Waals surface area contributed by atoms with Crippen LogP contribution in [0.2, 0.25) is 0 Å². The minimum atomic E-state index is -0.436. The van der Waals surface area contributed by atoms with E-state index in [-0.39, 0.29) is 5.78 Å². The Bertz CT molecular complexity index is 1010. The van der Waals surface area contributed by atoms with Crippen LogP contribution in [0.25, 0.3) is 17.2 Å². The van der Waals surface area contributed by atoms with E-state index in [1.165, 1.54) is 0 Å². The number of hydrogen-bond donors (Lipinski definition) is 0. The first-order valence-corrected chi connectivity index (χ1v) is 8.88. The molecule has 28 heavy (non-hydrogen) atoms. The molecule has 0 amide bonds. The first-order valence-electron chi connectivity index (χ1n) is 8.88. The quantitative estimate of drug-likeness (QED) is 0.241. The van der Waals surface area contributed by atoms with E-state index in [0.717, 1.165) is 16.7 Å². The summed E-state index contributed by atoms with van der Waals surface area (Å²) in [6.45, 7) is 5.18. The minimum absolute atomic E-state index is 0.0235. The molecule has 0 unspecified atom stereocenters. The summed E-state index contributed by atoms with van der Waals surface area (Å²) in [5.74, 6) is 0.0224. The second-order valence-electron chi connectivity index (χ2n) is 6.38. The Morgan fingerprint density at radius 2 is 1.39 bits per heavy atom. The molecular weight excluding hydrogens is 348 g/mol. The Morgan fingerprint density at radius 1 is 0.821 bits per heavy atom. The van der Waals surface area contributed by atoms with Crippen molar-refractivity contribution in [3.05, 3.63) is 108 Å². The second-order valence-corrected chi connectivity index (χ2v) is 6.38. The molecule has 0 heterocycles. The van der Waals surface area contributed by atoms with Crippen LogP contribution in [-0.4, -0.2) is 11.8 Å². The number of rotatable bonds is 6. The average molecular weight is 368 g/mol. The topological polar surface area (TPSA) is 43.4 Å². The van der Waals surface area contributed by atoms with Crippen molar-refractivity contribution < 1.29 is 14.3 Å². The number of ether oxygens (including phenoxy) is 1. The van der Waals surface area contributed by atoms with Gasteiger partial charge in [-0.25, -0.2) is 4.79 Å². The molecule has 3 rings (SSSR count). The normalized spacial score (nSPS) is 10.6. The molecule has 3 heteroatoms. The highest BCUT2D eigenvalue weighted by Crippen LogP contribution is 2.23. The smallest absolute Gasteiger partial charge is 0.338 e. The Kier molecular flexibility index (Phi) is 5.97. The lowest BCUT2D eigenvalue weighted by Gasteiger charge is -2.06. The maximum atomic E-state index is 12.1. The van der Waals surface area contributed by atoms with E-state index >= 15 is 0 Å². The number of carbonyl (C=O) groups excluding carboxylic acids is 2. The fraction of sp³-hybridized carbons (Fsp3) is 0.0400. The van der Waals surface area contributed by atoms with Gasteiger partial charge >= 0.3 is 5.97 Å². The number of benzene rings is 3. The summed E-state index contributed by atoms with van der Waals surface area (Å²) >= 11 is 0. The summed E-state index contributed by atoms with van der Waals surface area (Å²) in [6, 6.07) is 24.4. The van der Waals surface area contributed by atoms with Crippen LogP contribution in [0.15, 0.2) is 97.1 Å². The summed E-state index contributed by atoms with van der Waals surface area (Å²) in [5.41, 5.74) is 4.01. The summed E-state index contributed by atoms with van der Waals surface area (Å²) in [4.78, 5) is 23.7. The van der Waals surface area contributed by atoms with E-state index in [0.29, 0.717) is 16.9 Å². The van der Waals surface area contributed by atoms with Gasteiger partial charge in [-0.2, -0.15) is 0 Å². The van der Waals surface area contributed by atoms with Crippen molar-refractivity contribution in [2.45, 2.75) is 6.92 Å². The third-order valence-corrected chi connectivity index (χ3v) is 4.14. The van der Waals surface area contributed by atoms with Crippen molar-refractivity contribution in [2.24, 2.45) is 0 Å². The van der Waals surface area contributed by atoms with Crippen LogP contribution in [0.4, 0.5) is 0 Å². The molecule has 0 spiro atoms. The van der Waals surface area contributed by atoms with Crippen LogP contribution in [-0.2, 0) is 4.79 Å². The summed E-state index contributed by atoms with van der Waals surface area (Å²) in [7, 11) is 0. The lowest BCUT2D eigenvalue weighted by molar-refractivity contribution is -0.130. The van der Waals surface area contributed by atoms with E-state index in [1.807, 2.05) is 54.6 Å². The van der Waals surface area contributed by atoms with Crippen LogP contribution >= 0.6 is 0 Å². The van der Waals surface area contributed by atoms with Gasteiger partial charge in [0, 0.05) is 11.1 Å². The zero-order valence-corrected chi connectivity index (χ0v) is 15.6. The minimum Gasteiger partial charge on any atom is -0.423 e. The monoisotopic (exact) mass is 368 g/mol. The van der Waals surface area contributed by atoms with Gasteiger partial charge in [-0.05, 0) is 41.8 Å². The fourth-order valence-corrected chi connectivity index (χ4v) is 2.57. The van der Waals surface area contributed by atoms with Gasteiger partial charge in [0.15, 0.2) is 5.78 Å². The molecule has 3 nitrogen and oxygen atoms in total. The standard InChI is InChI=1S/C25H20O3/c1-18(2)25(27)28-23-15-13-21(14-16-23)20-11-8-19(9-12-20)10-17-24(26)22-6-4-3-5-7-22/h3-17H,1H2,2H3. The van der Waals surface area contributed by atoms with Gasteiger partial charge in [0.05, 0.1) is 0 Å². The van der Waals surface area contributed by atoms with Crippen molar-refractivity contribution in [3.63, 3.8) is 0 Å². The van der Waals surface area contributed by atoms with Crippen LogP contribution in [0.3, 0.4) is 0 Å². The average Bonchev–Trinajstić information content (AvgIpc) is 2.73. The van der Waals surface area contributed by atoms with Gasteiger partial charge in [-0.3, -0.25) is 4.79 Å². The molecule has 0 aromatic heterocycles. The molecule has 3 aromatic rings. The first kappa shape index (κ1) is 19.1. The van der Waals surface area contributed by atoms with Crippen LogP contribution in [0, 0.1) is 0 Å². The Hall–Kier alpha value is -3.72. The molecule has 0 radical (unpaired) electrons. The summed E-state index contributed by atoms with van der Waals surface area (Å²) < 4.78 is 5.20. The lowest BCUT2D eigenvalue weighted by atomic mass is 10.0.